The Labute approximate surface area is 163 Å². The summed E-state index contributed by atoms with van der Waals surface area (Å²) in [6.45, 7) is 1.59. The third-order valence-corrected chi connectivity index (χ3v) is 6.09. The molecule has 3 rings (SSSR count). The molecule has 3 aromatic rings. The van der Waals surface area contributed by atoms with Gasteiger partial charge in [0, 0.05) is 23.0 Å². The second kappa shape index (κ2) is 7.90. The average molecular weight is 401 g/mol. The summed E-state index contributed by atoms with van der Waals surface area (Å²) >= 11 is 6.14. The first-order valence-corrected chi connectivity index (χ1v) is 10.3. The van der Waals surface area contributed by atoms with Gasteiger partial charge in [-0.15, -0.1) is 0 Å². The van der Waals surface area contributed by atoms with Crippen molar-refractivity contribution in [2.75, 3.05) is 11.1 Å². The van der Waals surface area contributed by atoms with Crippen LogP contribution in [0, 0.1) is 0 Å². The fourth-order valence-electron chi connectivity index (χ4n) is 2.49. The number of amides is 1. The first-order chi connectivity index (χ1) is 12.9. The number of halogens is 1. The van der Waals surface area contributed by atoms with Crippen molar-refractivity contribution >= 4 is 33.0 Å². The van der Waals surface area contributed by atoms with Gasteiger partial charge in [-0.3, -0.25) is 9.78 Å². The Morgan fingerprint density at radius 3 is 2.30 bits per heavy atom. The summed E-state index contributed by atoms with van der Waals surface area (Å²) in [6, 6.07) is 16.6. The van der Waals surface area contributed by atoms with Gasteiger partial charge in [0.1, 0.15) is 0 Å². The maximum atomic E-state index is 12.4. The number of anilines is 1. The number of hydrogen-bond acceptors (Lipinski definition) is 4. The number of carbonyl (C=O) groups is 1. The molecule has 0 fully saturated rings. The number of rotatable bonds is 5. The Bertz CT molecular complexity index is 1060. The molecule has 1 N–H and O–H groups in total. The van der Waals surface area contributed by atoms with Crippen LogP contribution in [0.15, 0.2) is 71.8 Å². The highest BCUT2D eigenvalue weighted by Crippen LogP contribution is 2.25. The summed E-state index contributed by atoms with van der Waals surface area (Å²) in [7, 11) is -3.26. The van der Waals surface area contributed by atoms with Gasteiger partial charge >= 0.3 is 0 Å². The lowest BCUT2D eigenvalue weighted by Crippen LogP contribution is -2.12. The maximum absolute atomic E-state index is 12.4. The van der Waals surface area contributed by atoms with Crippen molar-refractivity contribution < 1.29 is 13.2 Å². The minimum atomic E-state index is -3.26. The summed E-state index contributed by atoms with van der Waals surface area (Å²) in [4.78, 5) is 16.9. The van der Waals surface area contributed by atoms with E-state index in [1.165, 1.54) is 12.1 Å². The molecule has 27 heavy (non-hydrogen) atoms. The van der Waals surface area contributed by atoms with Gasteiger partial charge < -0.3 is 5.32 Å². The zero-order chi connectivity index (χ0) is 19.4. The molecule has 0 aliphatic rings. The summed E-state index contributed by atoms with van der Waals surface area (Å²) in [5.41, 5.74) is 2.45. The molecule has 2 aromatic carbocycles. The molecule has 0 saturated carbocycles. The van der Waals surface area contributed by atoms with Crippen LogP contribution in [-0.4, -0.2) is 25.1 Å². The van der Waals surface area contributed by atoms with E-state index in [1.54, 1.807) is 61.7 Å². The Morgan fingerprint density at radius 1 is 1.04 bits per heavy atom. The molecule has 0 atom stereocenters. The van der Waals surface area contributed by atoms with Crippen LogP contribution in [0.2, 0.25) is 5.02 Å². The van der Waals surface area contributed by atoms with Crippen LogP contribution in [0.4, 0.5) is 5.69 Å². The average Bonchev–Trinajstić information content (AvgIpc) is 2.69. The van der Waals surface area contributed by atoms with Crippen molar-refractivity contribution in [1.82, 2.24) is 4.98 Å². The number of nitrogens with zero attached hydrogens (tertiary/aromatic N) is 1. The fraction of sp³-hybridized carbons (Fsp3) is 0.100. The molecule has 5 nitrogen and oxygen atoms in total. The van der Waals surface area contributed by atoms with Gasteiger partial charge in [0.2, 0.25) is 0 Å². The van der Waals surface area contributed by atoms with E-state index in [0.29, 0.717) is 22.0 Å². The molecule has 7 heteroatoms. The number of hydrogen-bond donors (Lipinski definition) is 1. The first kappa shape index (κ1) is 19.1. The quantitative estimate of drug-likeness (QED) is 0.686. The molecular weight excluding hydrogens is 384 g/mol. The molecule has 1 heterocycles. The standard InChI is InChI=1S/C20H17ClN2O3S/c1-2-27(25,26)17-11-9-16(10-12-17)23-20(24)15-7-5-14(6-8-15)19-18(21)4-3-13-22-19/h3-13H,2H2,1H3,(H,23,24). The number of benzene rings is 2. The fourth-order valence-corrected chi connectivity index (χ4v) is 3.61. The Hall–Kier alpha value is -2.70. The van der Waals surface area contributed by atoms with E-state index < -0.39 is 9.84 Å². The topological polar surface area (TPSA) is 76.1 Å². The van der Waals surface area contributed by atoms with Gasteiger partial charge in [0.25, 0.3) is 5.91 Å². The van der Waals surface area contributed by atoms with Gasteiger partial charge in [-0.1, -0.05) is 30.7 Å². The zero-order valence-electron chi connectivity index (χ0n) is 14.5. The highest BCUT2D eigenvalue weighted by atomic mass is 35.5. The van der Waals surface area contributed by atoms with E-state index in [2.05, 4.69) is 10.3 Å². The predicted molar refractivity (Wildman–Crippen MR) is 107 cm³/mol. The molecule has 0 radical (unpaired) electrons. The third-order valence-electron chi connectivity index (χ3n) is 4.03. The maximum Gasteiger partial charge on any atom is 0.255 e. The van der Waals surface area contributed by atoms with Crippen molar-refractivity contribution in [2.45, 2.75) is 11.8 Å². The molecule has 0 aliphatic carbocycles. The van der Waals surface area contributed by atoms with Crippen LogP contribution >= 0.6 is 11.6 Å². The zero-order valence-corrected chi connectivity index (χ0v) is 16.1. The van der Waals surface area contributed by atoms with E-state index in [9.17, 15) is 13.2 Å². The Balaban J connectivity index is 1.74. The van der Waals surface area contributed by atoms with E-state index in [-0.39, 0.29) is 16.6 Å². The lowest BCUT2D eigenvalue weighted by atomic mass is 10.1. The van der Waals surface area contributed by atoms with Crippen LogP contribution < -0.4 is 5.32 Å². The van der Waals surface area contributed by atoms with Crippen LogP contribution in [0.3, 0.4) is 0 Å². The van der Waals surface area contributed by atoms with Crippen LogP contribution in [0.1, 0.15) is 17.3 Å². The van der Waals surface area contributed by atoms with Crippen molar-refractivity contribution in [3.63, 3.8) is 0 Å². The second-order valence-electron chi connectivity index (χ2n) is 5.79. The number of pyridine rings is 1. The van der Waals surface area contributed by atoms with Crippen LogP contribution in [-0.2, 0) is 9.84 Å². The largest absolute Gasteiger partial charge is 0.322 e. The first-order valence-electron chi connectivity index (χ1n) is 8.26. The third kappa shape index (κ3) is 4.35. The van der Waals surface area contributed by atoms with Gasteiger partial charge in [-0.05, 0) is 48.5 Å². The number of carbonyl (C=O) groups excluding carboxylic acids is 1. The number of nitrogens with one attached hydrogen (secondary N) is 1. The highest BCUT2D eigenvalue weighted by molar-refractivity contribution is 7.91. The lowest BCUT2D eigenvalue weighted by Gasteiger charge is -2.08. The van der Waals surface area contributed by atoms with E-state index >= 15 is 0 Å². The summed E-state index contributed by atoms with van der Waals surface area (Å²) in [5, 5.41) is 3.29. The van der Waals surface area contributed by atoms with Crippen molar-refractivity contribution in [3.05, 3.63) is 77.4 Å². The summed E-state index contributed by atoms with van der Waals surface area (Å²) in [5.74, 6) is -0.259. The predicted octanol–water partition coefficient (Wildman–Crippen LogP) is 4.45. The number of aromatic nitrogens is 1. The smallest absolute Gasteiger partial charge is 0.255 e. The van der Waals surface area contributed by atoms with Gasteiger partial charge in [0.05, 0.1) is 21.4 Å². The lowest BCUT2D eigenvalue weighted by molar-refractivity contribution is 0.102. The van der Waals surface area contributed by atoms with E-state index in [0.717, 1.165) is 5.56 Å². The second-order valence-corrected chi connectivity index (χ2v) is 8.48. The molecular formula is C20H17ClN2O3S. The molecule has 1 aromatic heterocycles. The Morgan fingerprint density at radius 2 is 1.70 bits per heavy atom. The van der Waals surface area contributed by atoms with E-state index in [1.807, 2.05) is 0 Å². The molecule has 138 valence electrons. The molecule has 0 unspecified atom stereocenters. The van der Waals surface area contributed by atoms with Crippen molar-refractivity contribution in [2.24, 2.45) is 0 Å². The minimum absolute atomic E-state index is 0.0331. The van der Waals surface area contributed by atoms with Gasteiger partial charge in [-0.25, -0.2) is 8.42 Å². The van der Waals surface area contributed by atoms with Crippen LogP contribution in [0.25, 0.3) is 11.3 Å². The highest BCUT2D eigenvalue weighted by Gasteiger charge is 2.12. The normalized spacial score (nSPS) is 11.2. The summed E-state index contributed by atoms with van der Waals surface area (Å²) in [6.07, 6.45) is 1.66. The Kier molecular flexibility index (Phi) is 5.58. The van der Waals surface area contributed by atoms with Gasteiger partial charge in [-0.2, -0.15) is 0 Å². The summed E-state index contributed by atoms with van der Waals surface area (Å²) < 4.78 is 23.7. The molecule has 1 amide bonds. The van der Waals surface area contributed by atoms with Crippen molar-refractivity contribution in [3.8, 4) is 11.3 Å². The van der Waals surface area contributed by atoms with E-state index in [4.69, 9.17) is 11.6 Å². The molecule has 0 saturated heterocycles. The minimum Gasteiger partial charge on any atom is -0.322 e. The molecule has 0 aliphatic heterocycles. The molecule has 0 spiro atoms. The van der Waals surface area contributed by atoms with Crippen LogP contribution in [0.5, 0.6) is 0 Å². The van der Waals surface area contributed by atoms with Crippen molar-refractivity contribution in [1.29, 1.82) is 0 Å². The number of sulfone groups is 1. The SMILES string of the molecule is CCS(=O)(=O)c1ccc(NC(=O)c2ccc(-c3ncccc3Cl)cc2)cc1. The van der Waals surface area contributed by atoms with Gasteiger partial charge in [0.15, 0.2) is 9.84 Å². The monoisotopic (exact) mass is 400 g/mol. The molecule has 0 bridgehead atoms.